The van der Waals surface area contributed by atoms with Gasteiger partial charge >= 0.3 is 0 Å². The first-order chi connectivity index (χ1) is 11.2. The summed E-state index contributed by atoms with van der Waals surface area (Å²) in [6.45, 7) is 3.04. The largest absolute Gasteiger partial charge is 0.297 e. The fourth-order valence-electron chi connectivity index (χ4n) is 3.43. The maximum absolute atomic E-state index is 12.4. The zero-order valence-electron chi connectivity index (χ0n) is 12.9. The summed E-state index contributed by atoms with van der Waals surface area (Å²) in [5.74, 6) is -0.328. The topological polar surface area (TPSA) is 40.6 Å². The van der Waals surface area contributed by atoms with Crippen LogP contribution in [0, 0.1) is 0 Å². The van der Waals surface area contributed by atoms with Crippen LogP contribution in [0.1, 0.15) is 31.8 Å². The third-order valence-corrected chi connectivity index (χ3v) is 4.73. The Morgan fingerprint density at radius 2 is 1.39 bits per heavy atom. The van der Waals surface area contributed by atoms with E-state index in [2.05, 4.69) is 29.2 Å². The molecule has 2 aliphatic heterocycles. The molecule has 23 heavy (non-hydrogen) atoms. The number of rotatable bonds is 3. The van der Waals surface area contributed by atoms with Crippen molar-refractivity contribution in [2.24, 2.45) is 0 Å². The fourth-order valence-corrected chi connectivity index (χ4v) is 3.43. The molecular weight excluding hydrogens is 288 g/mol. The lowest BCUT2D eigenvalue weighted by molar-refractivity contribution is 0.0633. The maximum Gasteiger partial charge on any atom is 0.261 e. The molecule has 116 valence electrons. The van der Waals surface area contributed by atoms with Crippen molar-refractivity contribution in [3.8, 4) is 0 Å². The number of benzene rings is 2. The molecule has 0 atom stereocenters. The normalized spacial score (nSPS) is 17.3. The van der Waals surface area contributed by atoms with E-state index < -0.39 is 0 Å². The van der Waals surface area contributed by atoms with Gasteiger partial charge in [0, 0.05) is 26.2 Å². The number of carbonyl (C=O) groups excluding carboxylic acids is 2. The lowest BCUT2D eigenvalue weighted by Gasteiger charge is -2.29. The standard InChI is InChI=1S/C19H18N2O2/c22-18-16-7-3-4-8-17(16)19(23)21(18)12-11-20-10-9-14-5-1-2-6-15(14)13-20/h1-8H,9-13H2. The minimum absolute atomic E-state index is 0.164. The van der Waals surface area contributed by atoms with Crippen molar-refractivity contribution in [2.45, 2.75) is 13.0 Å². The summed E-state index contributed by atoms with van der Waals surface area (Å²) in [4.78, 5) is 28.4. The lowest BCUT2D eigenvalue weighted by Crippen LogP contribution is -2.40. The predicted octanol–water partition coefficient (Wildman–Crippen LogP) is 2.34. The second kappa shape index (κ2) is 5.63. The van der Waals surface area contributed by atoms with Crippen LogP contribution >= 0.6 is 0 Å². The van der Waals surface area contributed by atoms with Gasteiger partial charge in [0.15, 0.2) is 0 Å². The summed E-state index contributed by atoms with van der Waals surface area (Å²) in [6, 6.07) is 15.5. The van der Waals surface area contributed by atoms with Crippen LogP contribution in [0.5, 0.6) is 0 Å². The molecule has 0 N–H and O–H groups in total. The average molecular weight is 306 g/mol. The van der Waals surface area contributed by atoms with Gasteiger partial charge in [-0.2, -0.15) is 0 Å². The van der Waals surface area contributed by atoms with Crippen molar-refractivity contribution in [3.63, 3.8) is 0 Å². The second-order valence-corrected chi connectivity index (χ2v) is 6.10. The minimum Gasteiger partial charge on any atom is -0.297 e. The molecule has 2 heterocycles. The van der Waals surface area contributed by atoms with E-state index >= 15 is 0 Å². The van der Waals surface area contributed by atoms with Gasteiger partial charge in [0.05, 0.1) is 11.1 Å². The summed E-state index contributed by atoms with van der Waals surface area (Å²) in [7, 11) is 0. The van der Waals surface area contributed by atoms with E-state index in [0.29, 0.717) is 17.7 Å². The van der Waals surface area contributed by atoms with Crippen LogP contribution in [-0.2, 0) is 13.0 Å². The van der Waals surface area contributed by atoms with E-state index in [4.69, 9.17) is 0 Å². The molecule has 4 nitrogen and oxygen atoms in total. The van der Waals surface area contributed by atoms with Crippen molar-refractivity contribution >= 4 is 11.8 Å². The average Bonchev–Trinajstić information content (AvgIpc) is 2.84. The van der Waals surface area contributed by atoms with E-state index in [1.807, 2.05) is 0 Å². The van der Waals surface area contributed by atoms with Gasteiger partial charge in [-0.25, -0.2) is 0 Å². The van der Waals surface area contributed by atoms with Gasteiger partial charge in [0.25, 0.3) is 11.8 Å². The minimum atomic E-state index is -0.164. The molecule has 2 aromatic rings. The molecule has 0 aromatic heterocycles. The zero-order valence-corrected chi connectivity index (χ0v) is 12.9. The number of carbonyl (C=O) groups is 2. The first kappa shape index (κ1) is 14.2. The maximum atomic E-state index is 12.4. The van der Waals surface area contributed by atoms with Crippen LogP contribution in [-0.4, -0.2) is 41.2 Å². The highest BCUT2D eigenvalue weighted by atomic mass is 16.2. The number of hydrogen-bond acceptors (Lipinski definition) is 3. The smallest absolute Gasteiger partial charge is 0.261 e. The zero-order chi connectivity index (χ0) is 15.8. The number of nitrogens with zero attached hydrogens (tertiary/aromatic N) is 2. The Kier molecular flexibility index (Phi) is 3.46. The number of hydrogen-bond donors (Lipinski definition) is 0. The Labute approximate surface area is 135 Å². The molecule has 0 unspecified atom stereocenters. The molecular formula is C19H18N2O2. The Hall–Kier alpha value is -2.46. The van der Waals surface area contributed by atoms with E-state index in [1.165, 1.54) is 16.0 Å². The quantitative estimate of drug-likeness (QED) is 0.817. The van der Waals surface area contributed by atoms with E-state index in [9.17, 15) is 9.59 Å². The Bertz CT molecular complexity index is 749. The van der Waals surface area contributed by atoms with Crippen molar-refractivity contribution < 1.29 is 9.59 Å². The molecule has 0 saturated heterocycles. The summed E-state index contributed by atoms with van der Waals surface area (Å²) in [5.41, 5.74) is 3.81. The molecule has 0 spiro atoms. The molecule has 0 radical (unpaired) electrons. The van der Waals surface area contributed by atoms with Crippen LogP contribution in [0.3, 0.4) is 0 Å². The van der Waals surface area contributed by atoms with Gasteiger partial charge in [-0.15, -0.1) is 0 Å². The predicted molar refractivity (Wildman–Crippen MR) is 87.2 cm³/mol. The summed E-state index contributed by atoms with van der Waals surface area (Å²) in [6.07, 6.45) is 1.03. The lowest BCUT2D eigenvalue weighted by atomic mass is 10.00. The summed E-state index contributed by atoms with van der Waals surface area (Å²) in [5, 5.41) is 0. The van der Waals surface area contributed by atoms with Crippen molar-refractivity contribution in [2.75, 3.05) is 19.6 Å². The SMILES string of the molecule is O=C1c2ccccc2C(=O)N1CCN1CCc2ccccc2C1. The van der Waals surface area contributed by atoms with Crippen molar-refractivity contribution in [3.05, 3.63) is 70.8 Å². The third-order valence-electron chi connectivity index (χ3n) is 4.73. The summed E-state index contributed by atoms with van der Waals surface area (Å²) < 4.78 is 0. The molecule has 0 fully saturated rings. The molecule has 0 bridgehead atoms. The Morgan fingerprint density at radius 1 is 0.783 bits per heavy atom. The second-order valence-electron chi connectivity index (χ2n) is 6.10. The molecule has 0 aliphatic carbocycles. The van der Waals surface area contributed by atoms with E-state index in [1.54, 1.807) is 24.3 Å². The molecule has 4 rings (SSSR count). The first-order valence-electron chi connectivity index (χ1n) is 7.98. The Morgan fingerprint density at radius 3 is 2.09 bits per heavy atom. The van der Waals surface area contributed by atoms with Gasteiger partial charge < -0.3 is 0 Å². The molecule has 2 aromatic carbocycles. The first-order valence-corrected chi connectivity index (χ1v) is 7.98. The number of imide groups is 1. The van der Waals surface area contributed by atoms with Gasteiger partial charge in [-0.05, 0) is 29.7 Å². The fraction of sp³-hybridized carbons (Fsp3) is 0.263. The van der Waals surface area contributed by atoms with Crippen LogP contribution in [0.15, 0.2) is 48.5 Å². The van der Waals surface area contributed by atoms with Gasteiger partial charge in [0.1, 0.15) is 0 Å². The third kappa shape index (κ3) is 2.45. The van der Waals surface area contributed by atoms with E-state index in [-0.39, 0.29) is 11.8 Å². The monoisotopic (exact) mass is 306 g/mol. The van der Waals surface area contributed by atoms with Gasteiger partial charge in [-0.3, -0.25) is 19.4 Å². The van der Waals surface area contributed by atoms with Gasteiger partial charge in [-0.1, -0.05) is 36.4 Å². The highest BCUT2D eigenvalue weighted by Crippen LogP contribution is 2.23. The van der Waals surface area contributed by atoms with Crippen LogP contribution in [0.2, 0.25) is 0 Å². The number of amides is 2. The van der Waals surface area contributed by atoms with Crippen LogP contribution in [0.4, 0.5) is 0 Å². The van der Waals surface area contributed by atoms with Crippen molar-refractivity contribution in [1.82, 2.24) is 9.80 Å². The number of fused-ring (bicyclic) bond motifs is 2. The Balaban J connectivity index is 1.43. The van der Waals surface area contributed by atoms with E-state index in [0.717, 1.165) is 26.1 Å². The molecule has 4 heteroatoms. The molecule has 2 aliphatic rings. The molecule has 0 saturated carbocycles. The molecule has 2 amide bonds. The highest BCUT2D eigenvalue weighted by molar-refractivity contribution is 6.21. The van der Waals surface area contributed by atoms with Crippen molar-refractivity contribution in [1.29, 1.82) is 0 Å². The summed E-state index contributed by atoms with van der Waals surface area (Å²) >= 11 is 0. The highest BCUT2D eigenvalue weighted by Gasteiger charge is 2.35. The van der Waals surface area contributed by atoms with Crippen LogP contribution in [0.25, 0.3) is 0 Å². The van der Waals surface area contributed by atoms with Crippen LogP contribution < -0.4 is 0 Å². The van der Waals surface area contributed by atoms with Gasteiger partial charge in [0.2, 0.25) is 0 Å².